The van der Waals surface area contributed by atoms with E-state index in [1.165, 1.54) is 6.08 Å². The first kappa shape index (κ1) is 16.9. The molecule has 0 aliphatic carbocycles. The fourth-order valence-electron chi connectivity index (χ4n) is 1.99. The van der Waals surface area contributed by atoms with Crippen molar-refractivity contribution in [2.24, 2.45) is 5.73 Å². The van der Waals surface area contributed by atoms with Gasteiger partial charge in [-0.25, -0.2) is 8.42 Å². The lowest BCUT2D eigenvalue weighted by Crippen LogP contribution is -2.36. The maximum Gasteiger partial charge on any atom is 0.240 e. The molecule has 2 aromatic carbocycles. The number of aryl methyl sites for hydroxylation is 1. The van der Waals surface area contributed by atoms with Crippen LogP contribution in [0.5, 0.6) is 0 Å². The van der Waals surface area contributed by atoms with Crippen LogP contribution in [0.2, 0.25) is 0 Å². The van der Waals surface area contributed by atoms with Crippen molar-refractivity contribution < 1.29 is 13.2 Å². The highest BCUT2D eigenvalue weighted by Gasteiger charge is 2.22. The molecule has 1 atom stereocenters. The van der Waals surface area contributed by atoms with E-state index < -0.39 is 22.0 Å². The molecular formula is C17H18N2O3S. The molecule has 0 heterocycles. The largest absolute Gasteiger partial charge is 0.368 e. The summed E-state index contributed by atoms with van der Waals surface area (Å²) in [5.41, 5.74) is 7.63. The number of sulfonamides is 1. The van der Waals surface area contributed by atoms with Gasteiger partial charge in [0, 0.05) is 5.41 Å². The molecule has 2 rings (SSSR count). The molecule has 6 heteroatoms. The van der Waals surface area contributed by atoms with E-state index in [0.717, 1.165) is 16.5 Å². The molecule has 0 radical (unpaired) electrons. The zero-order chi connectivity index (χ0) is 16.9. The molecule has 2 aromatic rings. The van der Waals surface area contributed by atoms with Gasteiger partial charge in [-0.15, -0.1) is 0 Å². The van der Waals surface area contributed by atoms with E-state index in [-0.39, 0.29) is 0 Å². The van der Waals surface area contributed by atoms with E-state index in [1.807, 2.05) is 31.2 Å². The second-order valence-corrected chi connectivity index (χ2v) is 6.72. The molecule has 0 aliphatic heterocycles. The van der Waals surface area contributed by atoms with Crippen molar-refractivity contribution in [1.29, 1.82) is 0 Å². The quantitative estimate of drug-likeness (QED) is 0.850. The molecule has 0 spiro atoms. The summed E-state index contributed by atoms with van der Waals surface area (Å²) in [6.07, 6.45) is 1.46. The summed E-state index contributed by atoms with van der Waals surface area (Å²) in [6.45, 7) is 1.95. The smallest absolute Gasteiger partial charge is 0.240 e. The lowest BCUT2D eigenvalue weighted by molar-refractivity contribution is -0.119. The predicted molar refractivity (Wildman–Crippen MR) is 90.6 cm³/mol. The van der Waals surface area contributed by atoms with E-state index in [0.29, 0.717) is 5.56 Å². The van der Waals surface area contributed by atoms with Gasteiger partial charge in [-0.2, -0.15) is 4.72 Å². The van der Waals surface area contributed by atoms with Crippen LogP contribution in [0.1, 0.15) is 22.7 Å². The molecule has 23 heavy (non-hydrogen) atoms. The van der Waals surface area contributed by atoms with E-state index in [4.69, 9.17) is 5.73 Å². The highest BCUT2D eigenvalue weighted by Crippen LogP contribution is 2.14. The molecule has 1 amide bonds. The normalized spacial score (nSPS) is 13.1. The number of hydrogen-bond acceptors (Lipinski definition) is 3. The van der Waals surface area contributed by atoms with Crippen LogP contribution in [-0.4, -0.2) is 14.3 Å². The summed E-state index contributed by atoms with van der Waals surface area (Å²) >= 11 is 0. The van der Waals surface area contributed by atoms with Crippen LogP contribution in [0.15, 0.2) is 60.0 Å². The summed E-state index contributed by atoms with van der Waals surface area (Å²) in [4.78, 5) is 11.6. The molecule has 0 bridgehead atoms. The Morgan fingerprint density at radius 1 is 1.09 bits per heavy atom. The number of primary amides is 1. The fourth-order valence-corrected chi connectivity index (χ4v) is 2.98. The molecule has 0 fully saturated rings. The van der Waals surface area contributed by atoms with Crippen molar-refractivity contribution in [3.63, 3.8) is 0 Å². The van der Waals surface area contributed by atoms with Gasteiger partial charge >= 0.3 is 0 Å². The Balaban J connectivity index is 2.18. The number of benzene rings is 2. The highest BCUT2D eigenvalue weighted by molar-refractivity contribution is 7.92. The van der Waals surface area contributed by atoms with Crippen LogP contribution in [0.4, 0.5) is 0 Å². The first-order valence-electron chi connectivity index (χ1n) is 6.99. The van der Waals surface area contributed by atoms with Gasteiger partial charge in [0.05, 0.1) is 0 Å². The fraction of sp³-hybridized carbons (Fsp3) is 0.118. The number of rotatable bonds is 6. The van der Waals surface area contributed by atoms with Gasteiger partial charge in [-0.3, -0.25) is 4.79 Å². The van der Waals surface area contributed by atoms with Crippen LogP contribution in [0.3, 0.4) is 0 Å². The van der Waals surface area contributed by atoms with Crippen LogP contribution < -0.4 is 10.5 Å². The Hall–Kier alpha value is -2.44. The van der Waals surface area contributed by atoms with Gasteiger partial charge in [0.2, 0.25) is 15.9 Å². The molecule has 3 N–H and O–H groups in total. The first-order chi connectivity index (χ1) is 10.9. The minimum atomic E-state index is -3.81. The van der Waals surface area contributed by atoms with Gasteiger partial charge in [-0.05, 0) is 24.1 Å². The van der Waals surface area contributed by atoms with Crippen molar-refractivity contribution in [2.45, 2.75) is 13.0 Å². The molecule has 0 aromatic heterocycles. The molecule has 5 nitrogen and oxygen atoms in total. The number of carbonyl (C=O) groups is 1. The van der Waals surface area contributed by atoms with Gasteiger partial charge in [0.25, 0.3) is 0 Å². The Bertz CT molecular complexity index is 797. The van der Waals surface area contributed by atoms with Crippen molar-refractivity contribution in [2.75, 3.05) is 0 Å². The monoisotopic (exact) mass is 330 g/mol. The number of carbonyl (C=O) groups excluding carboxylic acids is 1. The average molecular weight is 330 g/mol. The number of amides is 1. The number of nitrogens with two attached hydrogens (primary N) is 1. The van der Waals surface area contributed by atoms with Gasteiger partial charge in [0.15, 0.2) is 0 Å². The van der Waals surface area contributed by atoms with Crippen molar-refractivity contribution in [3.8, 4) is 0 Å². The SMILES string of the molecule is Cc1ccc(/C=C\S(=O)(=O)N[C@@H](C(N)=O)c2ccccc2)cc1. The summed E-state index contributed by atoms with van der Waals surface area (Å²) in [6, 6.07) is 14.8. The molecular weight excluding hydrogens is 312 g/mol. The zero-order valence-corrected chi connectivity index (χ0v) is 13.5. The highest BCUT2D eigenvalue weighted by atomic mass is 32.2. The summed E-state index contributed by atoms with van der Waals surface area (Å²) in [7, 11) is -3.81. The minimum absolute atomic E-state index is 0.493. The second-order valence-electron chi connectivity index (χ2n) is 5.12. The molecule has 120 valence electrons. The van der Waals surface area contributed by atoms with E-state index in [9.17, 15) is 13.2 Å². The van der Waals surface area contributed by atoms with Gasteiger partial charge < -0.3 is 5.73 Å². The third kappa shape index (κ3) is 5.05. The molecule has 0 saturated heterocycles. The van der Waals surface area contributed by atoms with Gasteiger partial charge in [0.1, 0.15) is 6.04 Å². The maximum atomic E-state index is 12.2. The van der Waals surface area contributed by atoms with Crippen LogP contribution in [0, 0.1) is 6.92 Å². The standard InChI is InChI=1S/C17H18N2O3S/c1-13-7-9-14(10-8-13)11-12-23(21,22)19-16(17(18)20)15-5-3-2-4-6-15/h2-12,16,19H,1H3,(H2,18,20)/b12-11-/t16-/m1/s1. The maximum absolute atomic E-state index is 12.2. The lowest BCUT2D eigenvalue weighted by atomic mass is 10.1. The average Bonchev–Trinajstić information content (AvgIpc) is 2.53. The zero-order valence-electron chi connectivity index (χ0n) is 12.6. The molecule has 0 unspecified atom stereocenters. The van der Waals surface area contributed by atoms with Gasteiger partial charge in [-0.1, -0.05) is 60.2 Å². The minimum Gasteiger partial charge on any atom is -0.368 e. The summed E-state index contributed by atoms with van der Waals surface area (Å²) < 4.78 is 26.6. The Labute approximate surface area is 135 Å². The van der Waals surface area contributed by atoms with E-state index in [2.05, 4.69) is 4.72 Å². The second kappa shape index (κ2) is 7.21. The van der Waals surface area contributed by atoms with Crippen LogP contribution in [-0.2, 0) is 14.8 Å². The van der Waals surface area contributed by atoms with E-state index >= 15 is 0 Å². The first-order valence-corrected chi connectivity index (χ1v) is 8.53. The third-order valence-electron chi connectivity index (χ3n) is 3.22. The Kier molecular flexibility index (Phi) is 5.31. The van der Waals surface area contributed by atoms with Crippen molar-refractivity contribution in [1.82, 2.24) is 4.72 Å². The summed E-state index contributed by atoms with van der Waals surface area (Å²) in [5, 5.41) is 1.02. The number of nitrogens with one attached hydrogen (secondary N) is 1. The molecule has 0 saturated carbocycles. The van der Waals surface area contributed by atoms with Crippen LogP contribution >= 0.6 is 0 Å². The van der Waals surface area contributed by atoms with Crippen molar-refractivity contribution >= 4 is 22.0 Å². The number of hydrogen-bond donors (Lipinski definition) is 2. The topological polar surface area (TPSA) is 89.3 Å². The predicted octanol–water partition coefficient (Wildman–Crippen LogP) is 2.11. The lowest BCUT2D eigenvalue weighted by Gasteiger charge is -2.14. The van der Waals surface area contributed by atoms with Crippen LogP contribution in [0.25, 0.3) is 6.08 Å². The molecule has 0 aliphatic rings. The third-order valence-corrected chi connectivity index (χ3v) is 4.28. The Morgan fingerprint density at radius 3 is 2.26 bits per heavy atom. The Morgan fingerprint density at radius 2 is 1.70 bits per heavy atom. The van der Waals surface area contributed by atoms with Crippen molar-refractivity contribution in [3.05, 3.63) is 76.7 Å². The summed E-state index contributed by atoms with van der Waals surface area (Å²) in [5.74, 6) is -0.761. The van der Waals surface area contributed by atoms with E-state index in [1.54, 1.807) is 30.3 Å².